The molecular formula is C26H26N2O5S. The van der Waals surface area contributed by atoms with Crippen LogP contribution in [-0.4, -0.2) is 47.0 Å². The van der Waals surface area contributed by atoms with Crippen LogP contribution in [-0.2, 0) is 12.8 Å². The van der Waals surface area contributed by atoms with E-state index >= 15 is 0 Å². The van der Waals surface area contributed by atoms with Crippen molar-refractivity contribution in [3.8, 4) is 17.2 Å². The van der Waals surface area contributed by atoms with Crippen molar-refractivity contribution in [3.63, 3.8) is 0 Å². The monoisotopic (exact) mass is 478 g/mol. The van der Waals surface area contributed by atoms with E-state index in [9.17, 15) is 19.8 Å². The van der Waals surface area contributed by atoms with Gasteiger partial charge in [0, 0.05) is 41.1 Å². The lowest BCUT2D eigenvalue weighted by Crippen LogP contribution is -2.25. The van der Waals surface area contributed by atoms with E-state index in [2.05, 4.69) is 24.1 Å². The number of benzene rings is 2. The highest BCUT2D eigenvalue weighted by Gasteiger charge is 2.40. The zero-order chi connectivity index (χ0) is 24.1. The number of carbonyl (C=O) groups is 2. The molecule has 0 spiro atoms. The third kappa shape index (κ3) is 3.20. The topological polar surface area (TPSA) is 100.0 Å². The summed E-state index contributed by atoms with van der Waals surface area (Å²) in [7, 11) is 1.43. The van der Waals surface area contributed by atoms with Crippen molar-refractivity contribution >= 4 is 28.0 Å². The number of nitrogens with zero attached hydrogens (tertiary/aromatic N) is 2. The standard InChI is InChI=1S/C26H26N2O5S/c1-4-28(5-2)26-27-17(12-34-26)13-9-10-14-16(11-13)24(31)20-21(22(14)29)25(32)19-15(23(20)30)7-6-8-18(19)33-3/h6-8,12-13,29,31H,4-5,9-11H2,1-3H3. The number of methoxy groups -OCH3 is 1. The summed E-state index contributed by atoms with van der Waals surface area (Å²) in [6.45, 7) is 5.94. The first-order chi connectivity index (χ1) is 16.4. The van der Waals surface area contributed by atoms with Crippen LogP contribution in [0.4, 0.5) is 5.13 Å². The molecule has 2 aliphatic rings. The Morgan fingerprint density at radius 3 is 2.47 bits per heavy atom. The molecule has 0 saturated carbocycles. The van der Waals surface area contributed by atoms with Crippen molar-refractivity contribution in [1.29, 1.82) is 0 Å². The van der Waals surface area contributed by atoms with Gasteiger partial charge in [-0.05, 0) is 39.2 Å². The third-order valence-corrected chi connectivity index (χ3v) is 7.91. The number of phenols is 2. The van der Waals surface area contributed by atoms with Crippen LogP contribution in [0.5, 0.6) is 17.2 Å². The highest BCUT2D eigenvalue weighted by molar-refractivity contribution is 7.13. The number of carbonyl (C=O) groups excluding carboxylic acids is 2. The fourth-order valence-electron chi connectivity index (χ4n) is 5.16. The number of ketones is 2. The van der Waals surface area contributed by atoms with Crippen molar-refractivity contribution in [1.82, 2.24) is 4.98 Å². The van der Waals surface area contributed by atoms with Crippen molar-refractivity contribution in [2.24, 2.45) is 0 Å². The van der Waals surface area contributed by atoms with E-state index in [1.807, 2.05) is 0 Å². The summed E-state index contributed by atoms with van der Waals surface area (Å²) in [5, 5.41) is 25.4. The first kappa shape index (κ1) is 22.4. The van der Waals surface area contributed by atoms with Gasteiger partial charge in [0.25, 0.3) is 0 Å². The van der Waals surface area contributed by atoms with Crippen molar-refractivity contribution < 1.29 is 24.5 Å². The van der Waals surface area contributed by atoms with Crippen LogP contribution in [0, 0.1) is 0 Å². The van der Waals surface area contributed by atoms with Crippen LogP contribution in [0.15, 0.2) is 23.6 Å². The lowest BCUT2D eigenvalue weighted by molar-refractivity contribution is 0.0971. The number of hydrogen-bond acceptors (Lipinski definition) is 8. The molecule has 1 aromatic heterocycles. The number of aromatic nitrogens is 1. The molecule has 2 aliphatic carbocycles. The van der Waals surface area contributed by atoms with Crippen LogP contribution in [0.3, 0.4) is 0 Å². The van der Waals surface area contributed by atoms with Gasteiger partial charge >= 0.3 is 0 Å². The Morgan fingerprint density at radius 2 is 1.76 bits per heavy atom. The van der Waals surface area contributed by atoms with E-state index in [0.717, 1.165) is 30.3 Å². The number of fused-ring (bicyclic) bond motifs is 3. The van der Waals surface area contributed by atoms with E-state index in [4.69, 9.17) is 9.72 Å². The number of ether oxygens (including phenoxy) is 1. The molecule has 1 heterocycles. The van der Waals surface area contributed by atoms with Crippen molar-refractivity contribution in [3.05, 3.63) is 62.7 Å². The normalized spacial score (nSPS) is 16.6. The quantitative estimate of drug-likeness (QED) is 0.409. The van der Waals surface area contributed by atoms with Crippen LogP contribution in [0.2, 0.25) is 0 Å². The number of rotatable bonds is 5. The summed E-state index contributed by atoms with van der Waals surface area (Å²) >= 11 is 1.60. The maximum absolute atomic E-state index is 13.4. The summed E-state index contributed by atoms with van der Waals surface area (Å²) in [6, 6.07) is 4.79. The molecule has 8 heteroatoms. The van der Waals surface area contributed by atoms with Gasteiger partial charge in [-0.25, -0.2) is 4.98 Å². The molecule has 0 fully saturated rings. The maximum Gasteiger partial charge on any atom is 0.202 e. The second-order valence-electron chi connectivity index (χ2n) is 8.61. The molecule has 34 heavy (non-hydrogen) atoms. The number of hydrogen-bond donors (Lipinski definition) is 2. The first-order valence-corrected chi connectivity index (χ1v) is 12.3. The van der Waals surface area contributed by atoms with Gasteiger partial charge in [0.05, 0.1) is 29.5 Å². The predicted octanol–water partition coefficient (Wildman–Crippen LogP) is 4.46. The average Bonchev–Trinajstić information content (AvgIpc) is 3.34. The molecule has 2 N–H and O–H groups in total. The van der Waals surface area contributed by atoms with Crippen LogP contribution in [0.25, 0.3) is 0 Å². The van der Waals surface area contributed by atoms with E-state index < -0.39 is 11.6 Å². The van der Waals surface area contributed by atoms with Gasteiger partial charge in [-0.1, -0.05) is 12.1 Å². The predicted molar refractivity (Wildman–Crippen MR) is 130 cm³/mol. The molecule has 3 aromatic rings. The number of thiazole rings is 1. The minimum Gasteiger partial charge on any atom is -0.507 e. The van der Waals surface area contributed by atoms with E-state index in [1.165, 1.54) is 7.11 Å². The second kappa shape index (κ2) is 8.43. The van der Waals surface area contributed by atoms with Gasteiger partial charge in [-0.2, -0.15) is 0 Å². The zero-order valence-corrected chi connectivity index (χ0v) is 20.2. The number of aromatic hydroxyl groups is 2. The molecule has 1 atom stereocenters. The zero-order valence-electron chi connectivity index (χ0n) is 19.3. The molecule has 176 valence electrons. The van der Waals surface area contributed by atoms with E-state index in [-0.39, 0.29) is 45.4 Å². The Hall–Kier alpha value is -3.39. The summed E-state index contributed by atoms with van der Waals surface area (Å²) in [6.07, 6.45) is 1.64. The lowest BCUT2D eigenvalue weighted by Gasteiger charge is -2.29. The smallest absolute Gasteiger partial charge is 0.202 e. The fraction of sp³-hybridized carbons (Fsp3) is 0.346. The number of phenolic OH excluding ortho intramolecular Hbond substituents is 2. The van der Waals surface area contributed by atoms with Gasteiger partial charge in [-0.3, -0.25) is 9.59 Å². The molecule has 0 radical (unpaired) electrons. The molecule has 0 aliphatic heterocycles. The third-order valence-electron chi connectivity index (χ3n) is 6.99. The Labute approximate surface area is 201 Å². The van der Waals surface area contributed by atoms with Gasteiger partial charge in [0.2, 0.25) is 5.78 Å². The van der Waals surface area contributed by atoms with Crippen molar-refractivity contribution in [2.45, 2.75) is 39.0 Å². The lowest BCUT2D eigenvalue weighted by atomic mass is 9.75. The first-order valence-electron chi connectivity index (χ1n) is 11.5. The Bertz CT molecular complexity index is 1330. The molecule has 0 bridgehead atoms. The minimum atomic E-state index is -0.511. The van der Waals surface area contributed by atoms with E-state index in [0.29, 0.717) is 24.0 Å². The van der Waals surface area contributed by atoms with Gasteiger partial charge in [0.1, 0.15) is 17.2 Å². The Kier molecular flexibility index (Phi) is 5.56. The van der Waals surface area contributed by atoms with Crippen molar-refractivity contribution in [2.75, 3.05) is 25.1 Å². The number of anilines is 1. The summed E-state index contributed by atoms with van der Waals surface area (Å²) < 4.78 is 5.30. The highest BCUT2D eigenvalue weighted by Crippen LogP contribution is 2.48. The molecule has 5 rings (SSSR count). The fourth-order valence-corrected chi connectivity index (χ4v) is 6.20. The molecule has 0 amide bonds. The summed E-state index contributed by atoms with van der Waals surface area (Å²) in [4.78, 5) is 33.8. The summed E-state index contributed by atoms with van der Waals surface area (Å²) in [5.74, 6) is -1.09. The minimum absolute atomic E-state index is 0.0539. The van der Waals surface area contributed by atoms with E-state index in [1.54, 1.807) is 29.5 Å². The molecule has 1 unspecified atom stereocenters. The molecule has 0 saturated heterocycles. The summed E-state index contributed by atoms with van der Waals surface area (Å²) in [5.41, 5.74) is 2.05. The maximum atomic E-state index is 13.4. The molecule has 2 aromatic carbocycles. The highest BCUT2D eigenvalue weighted by atomic mass is 32.1. The van der Waals surface area contributed by atoms with Gasteiger partial charge in [-0.15, -0.1) is 11.3 Å². The Balaban J connectivity index is 1.58. The average molecular weight is 479 g/mol. The van der Waals surface area contributed by atoms with Crippen LogP contribution in [0.1, 0.15) is 74.8 Å². The Morgan fingerprint density at radius 1 is 1.06 bits per heavy atom. The van der Waals surface area contributed by atoms with Gasteiger partial charge < -0.3 is 19.8 Å². The largest absolute Gasteiger partial charge is 0.507 e. The SMILES string of the molecule is CCN(CC)c1nc(C2CCc3c(O)c4c(c(O)c3C2)C(=O)c2cccc(OC)c2C4=O)cs1. The van der Waals surface area contributed by atoms with Gasteiger partial charge in [0.15, 0.2) is 10.9 Å². The van der Waals surface area contributed by atoms with Crippen LogP contribution < -0.4 is 9.64 Å². The molecule has 7 nitrogen and oxygen atoms in total. The van der Waals surface area contributed by atoms with Crippen LogP contribution >= 0.6 is 11.3 Å². The second-order valence-corrected chi connectivity index (χ2v) is 9.45. The molecular weight excluding hydrogens is 452 g/mol.